The summed E-state index contributed by atoms with van der Waals surface area (Å²) < 4.78 is 10.6. The quantitative estimate of drug-likeness (QED) is 0.879. The highest BCUT2D eigenvalue weighted by atomic mass is 16.5. The lowest BCUT2D eigenvalue weighted by molar-refractivity contribution is 0.102. The van der Waals surface area contributed by atoms with Gasteiger partial charge < -0.3 is 9.47 Å². The lowest BCUT2D eigenvalue weighted by Crippen LogP contribution is -2.13. The number of allylic oxidation sites excluding steroid dienone is 1. The Balaban J connectivity index is 2.39. The van der Waals surface area contributed by atoms with E-state index in [1.165, 1.54) is 13.4 Å². The van der Waals surface area contributed by atoms with Crippen molar-refractivity contribution in [2.75, 3.05) is 19.5 Å². The Morgan fingerprint density at radius 2 is 2.14 bits per heavy atom. The molecule has 21 heavy (non-hydrogen) atoms. The van der Waals surface area contributed by atoms with Gasteiger partial charge in [0.25, 0.3) is 5.91 Å². The molecule has 0 fully saturated rings. The molecule has 2 rings (SSSR count). The molecule has 1 heterocycles. The summed E-state index contributed by atoms with van der Waals surface area (Å²) in [6.45, 7) is 1.88. The van der Waals surface area contributed by atoms with Crippen LogP contribution in [0.3, 0.4) is 0 Å². The number of ether oxygens (including phenoxy) is 2. The summed E-state index contributed by atoms with van der Waals surface area (Å²) in [4.78, 5) is 16.1. The van der Waals surface area contributed by atoms with Gasteiger partial charge in [-0.05, 0) is 19.1 Å². The van der Waals surface area contributed by atoms with Gasteiger partial charge in [-0.25, -0.2) is 5.10 Å². The second-order valence-corrected chi connectivity index (χ2v) is 4.09. The van der Waals surface area contributed by atoms with E-state index in [0.29, 0.717) is 17.1 Å². The molecule has 0 aliphatic rings. The lowest BCUT2D eigenvalue weighted by Gasteiger charge is -2.12. The standard InChI is InChI=1S/C14H16N4O3/c1-4-5-9-6-10(7-11(20-2)12(9)21-3)13(19)17-14-15-8-16-18-14/h4-8H,1-3H3,(H2,15,16,17,18,19)/b5-4+. The van der Waals surface area contributed by atoms with Gasteiger partial charge in [0, 0.05) is 11.1 Å². The highest BCUT2D eigenvalue weighted by Gasteiger charge is 2.15. The largest absolute Gasteiger partial charge is 0.493 e. The number of aromatic amines is 1. The zero-order valence-corrected chi connectivity index (χ0v) is 12.0. The number of methoxy groups -OCH3 is 2. The van der Waals surface area contributed by atoms with E-state index in [1.807, 2.05) is 19.1 Å². The van der Waals surface area contributed by atoms with Crippen LogP contribution in [0.5, 0.6) is 11.5 Å². The van der Waals surface area contributed by atoms with E-state index in [0.717, 1.165) is 5.56 Å². The van der Waals surface area contributed by atoms with E-state index in [-0.39, 0.29) is 11.9 Å². The molecular weight excluding hydrogens is 272 g/mol. The van der Waals surface area contributed by atoms with E-state index in [2.05, 4.69) is 20.5 Å². The van der Waals surface area contributed by atoms with Gasteiger partial charge in [-0.15, -0.1) is 0 Å². The smallest absolute Gasteiger partial charge is 0.258 e. The molecular formula is C14H16N4O3. The molecule has 0 radical (unpaired) electrons. The topological polar surface area (TPSA) is 89.1 Å². The van der Waals surface area contributed by atoms with Gasteiger partial charge in [0.1, 0.15) is 6.33 Å². The molecule has 7 heteroatoms. The second-order valence-electron chi connectivity index (χ2n) is 4.09. The summed E-state index contributed by atoms with van der Waals surface area (Å²) in [6.07, 6.45) is 5.01. The molecule has 1 amide bonds. The highest BCUT2D eigenvalue weighted by Crippen LogP contribution is 2.33. The molecule has 110 valence electrons. The molecule has 0 aliphatic heterocycles. The number of H-pyrrole nitrogens is 1. The van der Waals surface area contributed by atoms with E-state index in [4.69, 9.17) is 9.47 Å². The molecule has 0 aliphatic carbocycles. The minimum absolute atomic E-state index is 0.280. The molecule has 0 spiro atoms. The number of nitrogens with zero attached hydrogens (tertiary/aromatic N) is 2. The number of hydrogen-bond donors (Lipinski definition) is 2. The maximum atomic E-state index is 12.2. The Hall–Kier alpha value is -2.83. The Bertz CT molecular complexity index is 650. The minimum atomic E-state index is -0.321. The summed E-state index contributed by atoms with van der Waals surface area (Å²) in [5, 5.41) is 8.84. The summed E-state index contributed by atoms with van der Waals surface area (Å²) >= 11 is 0. The molecule has 0 bridgehead atoms. The van der Waals surface area contributed by atoms with Crippen molar-refractivity contribution in [2.45, 2.75) is 6.92 Å². The molecule has 2 aromatic rings. The third kappa shape index (κ3) is 3.19. The summed E-state index contributed by atoms with van der Waals surface area (Å²) in [7, 11) is 3.08. The Kier molecular flexibility index (Phi) is 4.55. The number of benzene rings is 1. The Morgan fingerprint density at radius 3 is 2.71 bits per heavy atom. The predicted molar refractivity (Wildman–Crippen MR) is 78.6 cm³/mol. The van der Waals surface area contributed by atoms with Crippen LogP contribution in [0.25, 0.3) is 6.08 Å². The first kappa shape index (κ1) is 14.6. The molecule has 7 nitrogen and oxygen atoms in total. The first-order valence-corrected chi connectivity index (χ1v) is 6.25. The third-order valence-corrected chi connectivity index (χ3v) is 2.76. The third-order valence-electron chi connectivity index (χ3n) is 2.76. The molecule has 1 aromatic carbocycles. The van der Waals surface area contributed by atoms with Crippen molar-refractivity contribution in [3.8, 4) is 11.5 Å². The molecule has 0 atom stereocenters. The van der Waals surface area contributed by atoms with Crippen molar-refractivity contribution in [1.29, 1.82) is 0 Å². The van der Waals surface area contributed by atoms with E-state index >= 15 is 0 Å². The summed E-state index contributed by atoms with van der Waals surface area (Å²) in [5.41, 5.74) is 1.18. The van der Waals surface area contributed by atoms with Gasteiger partial charge in [-0.3, -0.25) is 10.1 Å². The van der Waals surface area contributed by atoms with Gasteiger partial charge in [0.2, 0.25) is 5.95 Å². The van der Waals surface area contributed by atoms with Gasteiger partial charge in [-0.1, -0.05) is 12.2 Å². The lowest BCUT2D eigenvalue weighted by atomic mass is 10.1. The van der Waals surface area contributed by atoms with Crippen LogP contribution in [-0.2, 0) is 0 Å². The predicted octanol–water partition coefficient (Wildman–Crippen LogP) is 2.11. The SMILES string of the molecule is C/C=C/c1cc(C(=O)Nc2ncn[nH]2)cc(OC)c1OC. The van der Waals surface area contributed by atoms with Gasteiger partial charge in [0.15, 0.2) is 11.5 Å². The fraction of sp³-hybridized carbons (Fsp3) is 0.214. The first-order chi connectivity index (χ1) is 10.2. The first-order valence-electron chi connectivity index (χ1n) is 6.25. The van der Waals surface area contributed by atoms with Gasteiger partial charge in [0.05, 0.1) is 14.2 Å². The maximum absolute atomic E-state index is 12.2. The summed E-state index contributed by atoms with van der Waals surface area (Å²) in [6, 6.07) is 3.32. The number of rotatable bonds is 5. The van der Waals surface area contributed by atoms with Crippen LogP contribution in [0.15, 0.2) is 24.5 Å². The van der Waals surface area contributed by atoms with E-state index in [1.54, 1.807) is 19.2 Å². The van der Waals surface area contributed by atoms with E-state index in [9.17, 15) is 4.79 Å². The average Bonchev–Trinajstić information content (AvgIpc) is 2.99. The normalized spacial score (nSPS) is 10.6. The number of carbonyl (C=O) groups excluding carboxylic acids is 1. The number of anilines is 1. The molecule has 1 aromatic heterocycles. The molecule has 0 unspecified atom stereocenters. The van der Waals surface area contributed by atoms with Crippen LogP contribution in [0, 0.1) is 0 Å². The van der Waals surface area contributed by atoms with Crippen molar-refractivity contribution in [2.24, 2.45) is 0 Å². The number of carbonyl (C=O) groups is 1. The van der Waals surface area contributed by atoms with Crippen LogP contribution in [0.1, 0.15) is 22.8 Å². The molecule has 0 saturated carbocycles. The van der Waals surface area contributed by atoms with Crippen molar-refractivity contribution in [1.82, 2.24) is 15.2 Å². The molecule has 2 N–H and O–H groups in total. The van der Waals surface area contributed by atoms with Gasteiger partial charge >= 0.3 is 0 Å². The molecule has 0 saturated heterocycles. The van der Waals surface area contributed by atoms with Crippen molar-refractivity contribution in [3.63, 3.8) is 0 Å². The van der Waals surface area contributed by atoms with Crippen LogP contribution < -0.4 is 14.8 Å². The fourth-order valence-corrected chi connectivity index (χ4v) is 1.87. The summed E-state index contributed by atoms with van der Waals surface area (Å²) in [5.74, 6) is 1.02. The van der Waals surface area contributed by atoms with Crippen LogP contribution in [0.4, 0.5) is 5.95 Å². The second kappa shape index (κ2) is 6.56. The number of aromatic nitrogens is 3. The monoisotopic (exact) mass is 288 g/mol. The van der Waals surface area contributed by atoms with Crippen molar-refractivity contribution < 1.29 is 14.3 Å². The van der Waals surface area contributed by atoms with Crippen molar-refractivity contribution >= 4 is 17.9 Å². The average molecular weight is 288 g/mol. The number of amides is 1. The Morgan fingerprint density at radius 1 is 1.33 bits per heavy atom. The van der Waals surface area contributed by atoms with Gasteiger partial charge in [-0.2, -0.15) is 10.1 Å². The number of nitrogens with one attached hydrogen (secondary N) is 2. The fourth-order valence-electron chi connectivity index (χ4n) is 1.87. The zero-order chi connectivity index (χ0) is 15.2. The van der Waals surface area contributed by atoms with Crippen LogP contribution >= 0.6 is 0 Å². The maximum Gasteiger partial charge on any atom is 0.258 e. The van der Waals surface area contributed by atoms with Crippen LogP contribution in [0.2, 0.25) is 0 Å². The zero-order valence-electron chi connectivity index (χ0n) is 12.0. The number of hydrogen-bond acceptors (Lipinski definition) is 5. The van der Waals surface area contributed by atoms with Crippen LogP contribution in [-0.4, -0.2) is 35.3 Å². The minimum Gasteiger partial charge on any atom is -0.493 e. The Labute approximate surface area is 122 Å². The van der Waals surface area contributed by atoms with Crippen molar-refractivity contribution in [3.05, 3.63) is 35.7 Å². The van der Waals surface area contributed by atoms with E-state index < -0.39 is 0 Å². The highest BCUT2D eigenvalue weighted by molar-refractivity contribution is 6.04.